The lowest BCUT2D eigenvalue weighted by molar-refractivity contribution is -0.182. The maximum absolute atomic E-state index is 11.6. The van der Waals surface area contributed by atoms with Crippen molar-refractivity contribution in [2.75, 3.05) is 37.8 Å². The van der Waals surface area contributed by atoms with Crippen LogP contribution in [0.5, 0.6) is 5.88 Å². The molecule has 0 amide bonds. The van der Waals surface area contributed by atoms with Crippen molar-refractivity contribution in [3.8, 4) is 5.88 Å². The lowest BCUT2D eigenvalue weighted by Gasteiger charge is -2.23. The number of hydrogen-bond acceptors (Lipinski definition) is 8. The first-order valence-corrected chi connectivity index (χ1v) is 11.0. The van der Waals surface area contributed by atoms with Crippen LogP contribution in [-0.4, -0.2) is 64.6 Å². The van der Waals surface area contributed by atoms with Crippen molar-refractivity contribution in [1.82, 2.24) is 14.8 Å². The van der Waals surface area contributed by atoms with E-state index in [0.717, 1.165) is 43.0 Å². The van der Waals surface area contributed by atoms with Gasteiger partial charge in [-0.25, -0.2) is 9.59 Å². The number of unbranched alkanes of at least 4 members (excludes halogenated alkanes) is 1. The van der Waals surface area contributed by atoms with Gasteiger partial charge in [-0.15, -0.1) is 10.2 Å². The van der Waals surface area contributed by atoms with Gasteiger partial charge in [-0.05, 0) is 32.1 Å². The maximum Gasteiger partial charge on any atom is 0.349 e. The number of aryl methyl sites for hydroxylation is 2. The highest BCUT2D eigenvalue weighted by molar-refractivity contribution is 7.99. The molecule has 0 radical (unpaired) electrons. The Bertz CT molecular complexity index is 662. The van der Waals surface area contributed by atoms with Crippen LogP contribution in [-0.2, 0) is 32.1 Å². The van der Waals surface area contributed by atoms with Gasteiger partial charge in [0.05, 0.1) is 13.2 Å². The van der Waals surface area contributed by atoms with E-state index in [1.807, 2.05) is 22.5 Å². The highest BCUT2D eigenvalue weighted by Gasteiger charge is 2.14. The molecule has 0 atom stereocenters. The summed E-state index contributed by atoms with van der Waals surface area (Å²) in [4.78, 5) is 28.4. The lowest BCUT2D eigenvalue weighted by atomic mass is 10.1. The Labute approximate surface area is 169 Å². The van der Waals surface area contributed by atoms with E-state index in [9.17, 15) is 9.59 Å². The summed E-state index contributed by atoms with van der Waals surface area (Å²) in [5.41, 5.74) is 1.24. The van der Waals surface area contributed by atoms with Gasteiger partial charge >= 0.3 is 11.9 Å². The molecule has 1 fully saturated rings. The van der Waals surface area contributed by atoms with Gasteiger partial charge in [0.1, 0.15) is 0 Å². The summed E-state index contributed by atoms with van der Waals surface area (Å²) in [6, 6.07) is 2.01. The van der Waals surface area contributed by atoms with Gasteiger partial charge in [0, 0.05) is 55.1 Å². The predicted octanol–water partition coefficient (Wildman–Crippen LogP) is 1.98. The Kier molecular flexibility index (Phi) is 8.23. The molecule has 1 aromatic rings. The molecule has 2 aliphatic heterocycles. The Morgan fingerprint density at radius 1 is 1.07 bits per heavy atom. The third-order valence-corrected chi connectivity index (χ3v) is 5.41. The van der Waals surface area contributed by atoms with Gasteiger partial charge in [-0.2, -0.15) is 11.8 Å². The average Bonchev–Trinajstić information content (AvgIpc) is 3.12. The van der Waals surface area contributed by atoms with Crippen LogP contribution in [0.2, 0.25) is 0 Å². The van der Waals surface area contributed by atoms with Crippen molar-refractivity contribution in [2.45, 2.75) is 38.6 Å². The second-order valence-corrected chi connectivity index (χ2v) is 7.89. The number of thioether (sulfide) groups is 1. The third-order valence-electron chi connectivity index (χ3n) is 4.47. The minimum atomic E-state index is -0.556. The topological polar surface area (TPSA) is 82.9 Å². The summed E-state index contributed by atoms with van der Waals surface area (Å²) in [6.07, 6.45) is 7.09. The summed E-state index contributed by atoms with van der Waals surface area (Å²) >= 11 is 1.82. The van der Waals surface area contributed by atoms with Crippen LogP contribution in [0.4, 0.5) is 0 Å². The van der Waals surface area contributed by atoms with Gasteiger partial charge in [-0.3, -0.25) is 4.68 Å². The van der Waals surface area contributed by atoms with Crippen LogP contribution in [0.1, 0.15) is 31.4 Å². The van der Waals surface area contributed by atoms with Crippen molar-refractivity contribution < 1.29 is 23.9 Å². The van der Waals surface area contributed by atoms with E-state index in [2.05, 4.69) is 5.10 Å². The molecule has 0 N–H and O–H groups in total. The van der Waals surface area contributed by atoms with E-state index < -0.39 is 11.9 Å². The van der Waals surface area contributed by atoms with Gasteiger partial charge in [-0.1, -0.05) is 0 Å². The zero-order valence-electron chi connectivity index (χ0n) is 16.0. The number of esters is 1. The number of hydrogen-bond donors (Lipinski definition) is 0. The number of carbonyl (C=O) groups excluding carboxylic acids is 2. The summed E-state index contributed by atoms with van der Waals surface area (Å²) in [5.74, 6) is 1.44. The number of aromatic nitrogens is 2. The smallest absolute Gasteiger partial charge is 0.349 e. The second-order valence-electron chi connectivity index (χ2n) is 6.66. The van der Waals surface area contributed by atoms with Crippen LogP contribution in [0.25, 0.3) is 0 Å². The highest BCUT2D eigenvalue weighted by Crippen LogP contribution is 2.19. The molecular formula is C19H27N3O5S. The van der Waals surface area contributed by atoms with Gasteiger partial charge < -0.3 is 14.3 Å². The molecule has 0 bridgehead atoms. The maximum atomic E-state index is 11.6. The summed E-state index contributed by atoms with van der Waals surface area (Å²) in [6.45, 7) is 3.19. The summed E-state index contributed by atoms with van der Waals surface area (Å²) < 4.78 is 12.8. The van der Waals surface area contributed by atoms with Gasteiger partial charge in [0.25, 0.3) is 0 Å². The zero-order valence-corrected chi connectivity index (χ0v) is 16.8. The third kappa shape index (κ3) is 6.87. The molecule has 0 aliphatic carbocycles. The fraction of sp³-hybridized carbons (Fsp3) is 0.632. The van der Waals surface area contributed by atoms with Gasteiger partial charge in [0.2, 0.25) is 5.88 Å². The molecule has 9 heteroatoms. The summed E-state index contributed by atoms with van der Waals surface area (Å²) in [5, 5.41) is 6.05. The largest absolute Gasteiger partial charge is 0.477 e. The Hall–Kier alpha value is -2.00. The second kappa shape index (κ2) is 11.1. The number of fused-ring (bicyclic) bond motifs is 1. The molecule has 28 heavy (non-hydrogen) atoms. The lowest BCUT2D eigenvalue weighted by Crippen LogP contribution is -2.34. The molecule has 154 valence electrons. The normalized spacial score (nSPS) is 17.3. The monoisotopic (exact) mass is 409 g/mol. The molecule has 3 heterocycles. The van der Waals surface area contributed by atoms with Crippen molar-refractivity contribution >= 4 is 23.7 Å². The van der Waals surface area contributed by atoms with Crippen molar-refractivity contribution in [2.24, 2.45) is 0 Å². The van der Waals surface area contributed by atoms with E-state index >= 15 is 0 Å². The Balaban J connectivity index is 1.23. The molecule has 0 unspecified atom stereocenters. The van der Waals surface area contributed by atoms with Crippen LogP contribution in [0, 0.1) is 0 Å². The number of carbonyl (C=O) groups is 2. The molecule has 0 saturated carbocycles. The van der Waals surface area contributed by atoms with E-state index in [1.165, 1.54) is 18.5 Å². The minimum Gasteiger partial charge on any atom is -0.477 e. The number of ether oxygens (including phenoxy) is 2. The van der Waals surface area contributed by atoms with Crippen molar-refractivity contribution in [3.05, 3.63) is 23.9 Å². The minimum absolute atomic E-state index is 0.282. The molecule has 2 aliphatic rings. The first-order chi connectivity index (χ1) is 13.7. The molecule has 0 spiro atoms. The average molecular weight is 410 g/mol. The molecular weight excluding hydrogens is 382 g/mol. The Morgan fingerprint density at radius 3 is 2.68 bits per heavy atom. The van der Waals surface area contributed by atoms with Crippen LogP contribution in [0.15, 0.2) is 18.2 Å². The Morgan fingerprint density at radius 2 is 1.86 bits per heavy atom. The van der Waals surface area contributed by atoms with Crippen molar-refractivity contribution in [3.63, 3.8) is 0 Å². The SMILES string of the molecule is O=C(/C=C\C(=O)ON1CCSCC1)OCCCCOc1cc2n(n1)CCCC2. The molecule has 3 rings (SSSR count). The fourth-order valence-electron chi connectivity index (χ4n) is 3.00. The van der Waals surface area contributed by atoms with Crippen LogP contribution in [0.3, 0.4) is 0 Å². The highest BCUT2D eigenvalue weighted by atomic mass is 32.2. The first kappa shape index (κ1) is 20.7. The predicted molar refractivity (Wildman–Crippen MR) is 105 cm³/mol. The molecule has 8 nitrogen and oxygen atoms in total. The standard InChI is InChI=1S/C19H27N3O5S/c23-18(6-7-19(24)27-21-9-13-28-14-10-21)26-12-4-3-11-25-17-15-16-5-1-2-8-22(16)20-17/h6-7,15H,1-5,8-14H2/b7-6-. The number of hydroxylamine groups is 2. The van der Waals surface area contributed by atoms with Gasteiger partial charge in [0.15, 0.2) is 0 Å². The van der Waals surface area contributed by atoms with Crippen LogP contribution >= 0.6 is 11.8 Å². The molecule has 1 saturated heterocycles. The molecule has 0 aromatic carbocycles. The van der Waals surface area contributed by atoms with E-state index in [1.54, 1.807) is 5.06 Å². The van der Waals surface area contributed by atoms with Crippen molar-refractivity contribution in [1.29, 1.82) is 0 Å². The first-order valence-electron chi connectivity index (χ1n) is 9.80. The van der Waals surface area contributed by atoms with E-state index in [0.29, 0.717) is 32.0 Å². The quantitative estimate of drug-likeness (QED) is 0.348. The number of rotatable bonds is 9. The van der Waals surface area contributed by atoms with Crippen LogP contribution < -0.4 is 4.74 Å². The fourth-order valence-corrected chi connectivity index (χ4v) is 3.87. The van der Waals surface area contributed by atoms with E-state index in [4.69, 9.17) is 14.3 Å². The van der Waals surface area contributed by atoms with E-state index in [-0.39, 0.29) is 6.61 Å². The molecule has 1 aromatic heterocycles. The zero-order chi connectivity index (χ0) is 19.6. The summed E-state index contributed by atoms with van der Waals surface area (Å²) in [7, 11) is 0. The number of nitrogens with zero attached hydrogens (tertiary/aromatic N) is 3.